The lowest BCUT2D eigenvalue weighted by Gasteiger charge is -2.59. The minimum absolute atomic E-state index is 0.0223. The Labute approximate surface area is 901 Å². The first kappa shape index (κ1) is 125. The van der Waals surface area contributed by atoms with Crippen LogP contribution in [-0.4, -0.2) is 77.5 Å². The molecule has 1 aromatic rings. The Morgan fingerprint density at radius 1 is 0.372 bits per heavy atom. The van der Waals surface area contributed by atoms with Crippen molar-refractivity contribution in [2.24, 2.45) is 113 Å². The molecule has 0 aliphatic heterocycles. The molecule has 0 saturated heterocycles. The van der Waals surface area contributed by atoms with E-state index < -0.39 is 68.9 Å². The predicted molar refractivity (Wildman–Crippen MR) is 613 cm³/mol. The molecule has 15 rings (SSSR count). The quantitative estimate of drug-likeness (QED) is 0.0240. The van der Waals surface area contributed by atoms with Gasteiger partial charge < -0.3 is 35.7 Å². The lowest BCUT2D eigenvalue weighted by molar-refractivity contribution is -0.165. The number of aryl methyl sites for hydroxylation is 1. The third-order valence-electron chi connectivity index (χ3n) is 42.2. The average Bonchev–Trinajstić information content (AvgIpc) is 0.749. The van der Waals surface area contributed by atoms with Crippen LogP contribution in [0.25, 0.3) is 0 Å². The van der Waals surface area contributed by atoms with Crippen molar-refractivity contribution < 1.29 is 69.3 Å². The van der Waals surface area contributed by atoms with Crippen molar-refractivity contribution in [2.45, 2.75) is 542 Å². The summed E-state index contributed by atoms with van der Waals surface area (Å²) in [4.78, 5) is 80.3. The van der Waals surface area contributed by atoms with Gasteiger partial charge >= 0.3 is 41.8 Å². The molecule has 148 heavy (non-hydrogen) atoms. The van der Waals surface area contributed by atoms with E-state index in [-0.39, 0.29) is 44.3 Å². The molecule has 19 atom stereocenters. The van der Waals surface area contributed by atoms with Crippen LogP contribution in [0.2, 0.25) is 0 Å². The highest BCUT2D eigenvalue weighted by Gasteiger charge is 2.63. The fourth-order valence-corrected chi connectivity index (χ4v) is 32.7. The number of hydrogen-bond donors (Lipinski definition) is 7. The molecule has 0 spiro atoms. The fraction of sp³-hybridized carbons (Fsp3) is 0.769. The molecule has 14 heteroatoms. The van der Waals surface area contributed by atoms with Gasteiger partial charge in [-0.15, -0.1) is 6.58 Å². The van der Waals surface area contributed by atoms with Gasteiger partial charge in [0.05, 0.1) is 27.1 Å². The van der Waals surface area contributed by atoms with Crippen molar-refractivity contribution in [3.05, 3.63) is 140 Å². The lowest BCUT2D eigenvalue weighted by atomic mass is 9.45. The number of hydrogen-bond acceptors (Lipinski definition) is 7. The number of carbonyl (C=O) groups is 7. The van der Waals surface area contributed by atoms with Gasteiger partial charge in [0.2, 0.25) is 0 Å². The largest absolute Gasteiger partial charge is 0.481 e. The zero-order chi connectivity index (χ0) is 109. The van der Waals surface area contributed by atoms with Crippen LogP contribution in [0.3, 0.4) is 0 Å². The monoisotopic (exact) mass is 2050 g/mol. The predicted octanol–water partition coefficient (Wildman–Crippen LogP) is 37.7. The molecule has 0 heterocycles. The summed E-state index contributed by atoms with van der Waals surface area (Å²) in [5, 5.41) is 66.2. The van der Waals surface area contributed by atoms with Crippen molar-refractivity contribution in [1.82, 2.24) is 0 Å². The van der Waals surface area contributed by atoms with Gasteiger partial charge in [0.1, 0.15) is 0 Å². The summed E-state index contributed by atoms with van der Waals surface area (Å²) in [5.41, 5.74) is 16.3. The molecule has 4 unspecified atom stereocenters. The average molecular weight is 2050 g/mol. The Balaban J connectivity index is 0.000000192. The number of unbranched alkanes of at least 4 members (excludes halogenated alkanes) is 23. The van der Waals surface area contributed by atoms with Crippen LogP contribution < -0.4 is 0 Å². The molecule has 0 aromatic heterocycles. The highest BCUT2D eigenvalue weighted by Crippen LogP contribution is 2.69. The highest BCUT2D eigenvalue weighted by atomic mass is 16.4. The van der Waals surface area contributed by atoms with Crippen molar-refractivity contribution >= 4 is 41.8 Å². The van der Waals surface area contributed by atoms with E-state index in [2.05, 4.69) is 184 Å². The molecule has 0 bridgehead atoms. The lowest BCUT2D eigenvalue weighted by Crippen LogP contribution is -2.54. The van der Waals surface area contributed by atoms with Gasteiger partial charge in [0, 0.05) is 18.3 Å². The highest BCUT2D eigenvalue weighted by molar-refractivity contribution is 5.78. The van der Waals surface area contributed by atoms with E-state index in [1.165, 1.54) is 239 Å². The smallest absolute Gasteiger partial charge is 0.309 e. The summed E-state index contributed by atoms with van der Waals surface area (Å²) in [6, 6.07) is 6.92. The van der Waals surface area contributed by atoms with Gasteiger partial charge in [-0.05, 0) is 386 Å². The maximum absolute atomic E-state index is 12.0. The fourth-order valence-electron chi connectivity index (χ4n) is 32.7. The van der Waals surface area contributed by atoms with Crippen molar-refractivity contribution in [2.75, 3.05) is 0 Å². The third kappa shape index (κ3) is 30.3. The van der Waals surface area contributed by atoms with Gasteiger partial charge in [-0.3, -0.25) is 33.6 Å². The minimum Gasteiger partial charge on any atom is -0.481 e. The van der Waals surface area contributed by atoms with E-state index in [9.17, 15) is 59.1 Å². The van der Waals surface area contributed by atoms with Gasteiger partial charge in [0.15, 0.2) is 0 Å². The molecular formula is C134H214O14. The molecule has 7 fully saturated rings. The zero-order valence-electron chi connectivity index (χ0n) is 97.8. The summed E-state index contributed by atoms with van der Waals surface area (Å²) < 4.78 is 0. The maximum atomic E-state index is 12.0. The van der Waals surface area contributed by atoms with Crippen LogP contribution in [0.5, 0.6) is 0 Å². The van der Waals surface area contributed by atoms with Gasteiger partial charge in [-0.25, -0.2) is 0 Å². The van der Waals surface area contributed by atoms with Crippen molar-refractivity contribution in [3.63, 3.8) is 0 Å². The first-order valence-corrected chi connectivity index (χ1v) is 60.9. The Bertz CT molecular complexity index is 4790. The normalized spacial score (nSPS) is 33.0. The molecule has 0 radical (unpaired) electrons. The van der Waals surface area contributed by atoms with E-state index >= 15 is 0 Å². The third-order valence-corrected chi connectivity index (χ3v) is 42.2. The molecular weight excluding hydrogens is 1830 g/mol. The number of fused-ring (bicyclic) bond motifs is 14. The standard InChI is InChI=1S/3C20H30O2.C20H28O2.C20H30O2.C18H34O2.C16H32O2/c4*1-13(2)14-6-8-16-15(12-14)7-9-17-19(16,3)10-5-11-20(17,4)18(21)22;1-5-18(2)12-9-15-14(13-18)7-8-16-19(15,3)10-6-11-20(16,4)17(21)22;1-2-3-4-5-6-7-8-9-10-11-12-13-14-15-16-17-18(19)20;1-2-3-4-5-6-7-8-9-10-11-12-13-14-15-16(17)18/h12,16-17H,5-11H2,1-4H3,(H,21,22);12-13,17H,5-11H2,1-4H3,(H,21,22);7,12-13,16-17H,5-6,8-11H2,1-4H3,(H,21,22);6,8,12-13,17H,5,7,9-11H2,1-4H3,(H,21,22);5,13,15-16H,1,6-12H2,2-4H3,(H,21,22);9-10H,2-8,11-17H2,1H3,(H,19,20);2-15H2,1H3,(H,17,18)/b;;;;;10-9-;/t16-,17?,19-,20-;17?,19-,20-;16-,17?,19-,20+;17-,19-,20+;15-,16?,18-,19-,20-;;/m11111../s1. The Morgan fingerprint density at radius 3 is 1.21 bits per heavy atom. The van der Waals surface area contributed by atoms with E-state index in [1.807, 2.05) is 34.6 Å². The number of carboxylic acids is 7. The van der Waals surface area contributed by atoms with Crippen LogP contribution >= 0.6 is 0 Å². The van der Waals surface area contributed by atoms with Crippen LogP contribution in [0.15, 0.2) is 124 Å². The molecule has 14 aliphatic rings. The van der Waals surface area contributed by atoms with Crippen LogP contribution in [0, 0.1) is 113 Å². The molecule has 14 aliphatic carbocycles. The van der Waals surface area contributed by atoms with Crippen molar-refractivity contribution in [1.29, 1.82) is 0 Å². The van der Waals surface area contributed by atoms with E-state index in [0.29, 0.717) is 66.1 Å². The second kappa shape index (κ2) is 56.0. The van der Waals surface area contributed by atoms with Gasteiger partial charge in [-0.1, -0.05) is 358 Å². The maximum Gasteiger partial charge on any atom is 0.309 e. The van der Waals surface area contributed by atoms with Gasteiger partial charge in [0.25, 0.3) is 0 Å². The molecule has 0 amide bonds. The van der Waals surface area contributed by atoms with E-state index in [1.54, 1.807) is 33.4 Å². The number of benzene rings is 1. The summed E-state index contributed by atoms with van der Waals surface area (Å²) >= 11 is 0. The van der Waals surface area contributed by atoms with Crippen LogP contribution in [0.1, 0.15) is 547 Å². The minimum atomic E-state index is -0.664. The van der Waals surface area contributed by atoms with E-state index in [0.717, 1.165) is 167 Å². The number of allylic oxidation sites excluding steroid dienone is 17. The zero-order valence-corrected chi connectivity index (χ0v) is 97.8. The van der Waals surface area contributed by atoms with Crippen LogP contribution in [0.4, 0.5) is 0 Å². The number of carboxylic acid groups (broad SMARTS) is 7. The first-order valence-electron chi connectivity index (χ1n) is 60.9. The number of rotatable bonds is 38. The summed E-state index contributed by atoms with van der Waals surface area (Å²) in [7, 11) is 0. The summed E-state index contributed by atoms with van der Waals surface area (Å²) in [6.07, 6.45) is 86.9. The van der Waals surface area contributed by atoms with E-state index in [4.69, 9.17) is 10.2 Å². The number of aliphatic carboxylic acids is 7. The summed E-state index contributed by atoms with van der Waals surface area (Å²) in [5.74, 6) is 0.811. The SMILES string of the molecule is C=C[C@@]1(C)C=C2CCC3[C@](C)(C(=O)O)CCC[C@]3(C)[C@@H]2CC1.CC(C)=C1C=C2CCC3[C@](C)(C(=O)O)CCC[C@]3(C)[C@@H]2CC1.CC(C)C1=CC2=C(CC1)[C@@]1(C)CCC[C@@](C)(C(=O)O)C1CC2.CC(C)C1=CC2=CCC3[C@](C)(CCC[C@]3(C)C(=O)O)[C@@H]2CC1.CC(C)c1ccc2c(c1)CC[C@H]1[C@@](C)(C(=O)O)CCC[C@]21C.CCCCCCCC/C=C\CCCCCCCC(=O)O.CCCCCCCCCCCCCCCC(=O)O. The van der Waals surface area contributed by atoms with Crippen LogP contribution in [-0.2, 0) is 45.4 Å². The topological polar surface area (TPSA) is 261 Å². The summed E-state index contributed by atoms with van der Waals surface area (Å²) in [6.45, 7) is 50.6. The molecule has 7 saturated carbocycles. The molecule has 7 N–H and O–H groups in total. The second-order valence-corrected chi connectivity index (χ2v) is 53.5. The first-order chi connectivity index (χ1) is 69.9. The molecule has 14 nitrogen and oxygen atoms in total. The Morgan fingerprint density at radius 2 is 0.764 bits per heavy atom. The Kier molecular flexibility index (Phi) is 47.2. The van der Waals surface area contributed by atoms with Gasteiger partial charge in [-0.2, -0.15) is 0 Å². The second-order valence-electron chi connectivity index (χ2n) is 53.5. The molecule has 834 valence electrons. The Hall–Kier alpha value is -6.83. The van der Waals surface area contributed by atoms with Crippen molar-refractivity contribution in [3.8, 4) is 0 Å². The molecule has 1 aromatic carbocycles.